The zero-order valence-electron chi connectivity index (χ0n) is 38.0. The minimum absolute atomic E-state index is 0.131. The Balaban J connectivity index is 3.88. The molecule has 4 N–H and O–H groups in total. The molecule has 1 amide bonds. The number of allylic oxidation sites excluding steroid dienone is 6. The first-order chi connectivity index (χ1) is 29.1. The Bertz CT molecular complexity index is 1160. The summed E-state index contributed by atoms with van der Waals surface area (Å²) in [6, 6.07) is -1.55. The second-order valence-electron chi connectivity index (χ2n) is 16.3. The van der Waals surface area contributed by atoms with Crippen LogP contribution in [0.5, 0.6) is 0 Å². The van der Waals surface area contributed by atoms with Crippen LogP contribution in [0.15, 0.2) is 36.5 Å². The highest BCUT2D eigenvalue weighted by molar-refractivity contribution is 7.47. The van der Waals surface area contributed by atoms with E-state index >= 15 is 0 Å². The molecule has 0 saturated heterocycles. The number of amides is 1. The maximum Gasteiger partial charge on any atom is 0.472 e. The molecule has 0 radical (unpaired) electrons. The largest absolute Gasteiger partial charge is 0.480 e. The van der Waals surface area contributed by atoms with E-state index < -0.39 is 57.6 Å². The zero-order chi connectivity index (χ0) is 44.2. The van der Waals surface area contributed by atoms with E-state index in [4.69, 9.17) is 13.8 Å². The lowest BCUT2D eigenvalue weighted by Crippen LogP contribution is -2.43. The predicted octanol–water partition coefficient (Wildman–Crippen LogP) is 12.8. The highest BCUT2D eigenvalue weighted by atomic mass is 31.2. The Hall–Kier alpha value is -2.30. The molecule has 3 unspecified atom stereocenters. The van der Waals surface area contributed by atoms with E-state index in [2.05, 4.69) is 55.6 Å². The highest BCUT2D eigenvalue weighted by Crippen LogP contribution is 2.43. The molecule has 60 heavy (non-hydrogen) atoms. The van der Waals surface area contributed by atoms with Crippen molar-refractivity contribution in [2.24, 2.45) is 0 Å². The molecule has 12 heteroatoms. The molecule has 0 aromatic heterocycles. The number of carboxylic acid groups (broad SMARTS) is 1. The van der Waals surface area contributed by atoms with E-state index in [1.165, 1.54) is 109 Å². The molecule has 0 aromatic carbocycles. The molecule has 0 fully saturated rings. The number of aliphatic carboxylic acids is 1. The Kier molecular flexibility index (Phi) is 41.7. The number of esters is 1. The molecular formula is C48H88NO10P. The van der Waals surface area contributed by atoms with E-state index in [1.807, 2.05) is 0 Å². The van der Waals surface area contributed by atoms with Crippen molar-refractivity contribution in [1.82, 2.24) is 5.32 Å². The maximum atomic E-state index is 12.3. The number of hydrogen-bond acceptors (Lipinski definition) is 8. The lowest BCUT2D eigenvalue weighted by atomic mass is 10.0. The van der Waals surface area contributed by atoms with Gasteiger partial charge in [0.25, 0.3) is 0 Å². The summed E-state index contributed by atoms with van der Waals surface area (Å²) in [5, 5.41) is 21.9. The van der Waals surface area contributed by atoms with Crippen LogP contribution in [-0.4, -0.2) is 64.9 Å². The smallest absolute Gasteiger partial charge is 0.472 e. The summed E-state index contributed by atoms with van der Waals surface area (Å²) in [4.78, 5) is 46.0. The van der Waals surface area contributed by atoms with Gasteiger partial charge in [-0.3, -0.25) is 18.6 Å². The third-order valence-corrected chi connectivity index (χ3v) is 11.4. The summed E-state index contributed by atoms with van der Waals surface area (Å²) in [6.45, 7) is 2.58. The van der Waals surface area contributed by atoms with Gasteiger partial charge >= 0.3 is 19.8 Å². The first-order valence-corrected chi connectivity index (χ1v) is 25.5. The quantitative estimate of drug-likeness (QED) is 0.0200. The van der Waals surface area contributed by atoms with Crippen LogP contribution in [0.3, 0.4) is 0 Å². The third-order valence-electron chi connectivity index (χ3n) is 10.4. The summed E-state index contributed by atoms with van der Waals surface area (Å²) >= 11 is 0. The normalized spacial score (nSPS) is 13.9. The van der Waals surface area contributed by atoms with Crippen LogP contribution in [0.4, 0.5) is 0 Å². The van der Waals surface area contributed by atoms with Crippen molar-refractivity contribution >= 4 is 25.7 Å². The molecular weight excluding hydrogens is 781 g/mol. The molecule has 0 aromatic rings. The molecule has 0 bridgehead atoms. The summed E-state index contributed by atoms with van der Waals surface area (Å²) in [5.41, 5.74) is 0. The second kappa shape index (κ2) is 43.4. The monoisotopic (exact) mass is 870 g/mol. The van der Waals surface area contributed by atoms with Crippen LogP contribution < -0.4 is 5.32 Å². The van der Waals surface area contributed by atoms with Gasteiger partial charge < -0.3 is 25.2 Å². The van der Waals surface area contributed by atoms with E-state index in [0.717, 1.165) is 70.6 Å². The van der Waals surface area contributed by atoms with Gasteiger partial charge in [-0.1, -0.05) is 192 Å². The zero-order valence-corrected chi connectivity index (χ0v) is 38.9. The number of phosphoric acid groups is 1. The Morgan fingerprint density at radius 3 is 1.40 bits per heavy atom. The molecule has 11 nitrogen and oxygen atoms in total. The molecule has 0 heterocycles. The molecule has 0 rings (SSSR count). The van der Waals surface area contributed by atoms with Crippen molar-refractivity contribution in [3.63, 3.8) is 0 Å². The number of carbonyl (C=O) groups is 3. The van der Waals surface area contributed by atoms with Gasteiger partial charge in [-0.2, -0.15) is 0 Å². The lowest BCUT2D eigenvalue weighted by molar-refractivity contribution is -0.147. The fraction of sp³-hybridized carbons (Fsp3) is 0.812. The van der Waals surface area contributed by atoms with E-state index in [0.29, 0.717) is 12.8 Å². The van der Waals surface area contributed by atoms with Crippen molar-refractivity contribution in [2.45, 2.75) is 231 Å². The number of aliphatic hydroxyl groups excluding tert-OH is 1. The van der Waals surface area contributed by atoms with Crippen LogP contribution in [0, 0.1) is 0 Å². The van der Waals surface area contributed by atoms with E-state index in [9.17, 15) is 34.1 Å². The number of nitrogens with one attached hydrogen (secondary N) is 1. The first-order valence-electron chi connectivity index (χ1n) is 24.0. The Labute approximate surface area is 365 Å². The maximum absolute atomic E-state index is 12.3. The topological polar surface area (TPSA) is 169 Å². The standard InChI is InChI=1S/C48H88NO10P/c1-3-5-7-9-11-13-15-17-19-21-22-24-25-27-29-31-33-35-37-39-46(51)49-45(48(53)54)43-59-60(55,56)58-42-44(50)41-57-47(52)40-38-36-34-32-30-28-26-23-20-18-16-14-12-10-8-6-4-2/h11,13,17,19,22,24,44-45,50H,3-10,12,14-16,18,20-21,23,25-43H2,1-2H3,(H,49,51)(H,53,54)(H,55,56)/b13-11-,19-17-,24-22-. The minimum atomic E-state index is -4.76. The van der Waals surface area contributed by atoms with Gasteiger partial charge in [-0.05, 0) is 51.4 Å². The van der Waals surface area contributed by atoms with Gasteiger partial charge in [0, 0.05) is 12.8 Å². The molecule has 0 aliphatic rings. The summed E-state index contributed by atoms with van der Waals surface area (Å²) in [7, 11) is -4.76. The van der Waals surface area contributed by atoms with Crippen LogP contribution >= 0.6 is 7.82 Å². The third kappa shape index (κ3) is 42.4. The average molecular weight is 870 g/mol. The van der Waals surface area contributed by atoms with Gasteiger partial charge in [-0.25, -0.2) is 9.36 Å². The van der Waals surface area contributed by atoms with Crippen molar-refractivity contribution < 1.29 is 47.8 Å². The van der Waals surface area contributed by atoms with Crippen molar-refractivity contribution in [2.75, 3.05) is 19.8 Å². The van der Waals surface area contributed by atoms with Gasteiger partial charge in [0.05, 0.1) is 13.2 Å². The van der Waals surface area contributed by atoms with Crippen molar-refractivity contribution in [3.8, 4) is 0 Å². The van der Waals surface area contributed by atoms with Crippen LogP contribution in [0.1, 0.15) is 219 Å². The predicted molar refractivity (Wildman–Crippen MR) is 245 cm³/mol. The van der Waals surface area contributed by atoms with Crippen LogP contribution in [0.25, 0.3) is 0 Å². The number of aliphatic hydroxyl groups is 1. The molecule has 0 spiro atoms. The fourth-order valence-corrected chi connectivity index (χ4v) is 7.45. The van der Waals surface area contributed by atoms with Crippen molar-refractivity contribution in [3.05, 3.63) is 36.5 Å². The highest BCUT2D eigenvalue weighted by Gasteiger charge is 2.28. The van der Waals surface area contributed by atoms with Gasteiger partial charge in [0.1, 0.15) is 12.7 Å². The van der Waals surface area contributed by atoms with Gasteiger partial charge in [-0.15, -0.1) is 0 Å². The first kappa shape index (κ1) is 57.7. The lowest BCUT2D eigenvalue weighted by Gasteiger charge is -2.18. The van der Waals surface area contributed by atoms with Crippen LogP contribution in [-0.2, 0) is 32.7 Å². The Morgan fingerprint density at radius 1 is 0.533 bits per heavy atom. The SMILES string of the molecule is CCCCC/C=C\C/C=C\C/C=C\CCCCCCCCC(=O)NC(COP(=O)(O)OCC(O)COC(=O)CCCCCCCCCCCCCCCCCCC)C(=O)O. The molecule has 3 atom stereocenters. The average Bonchev–Trinajstić information content (AvgIpc) is 3.22. The number of carboxylic acids is 1. The van der Waals surface area contributed by atoms with Gasteiger partial charge in [0.2, 0.25) is 5.91 Å². The van der Waals surface area contributed by atoms with Crippen LogP contribution in [0.2, 0.25) is 0 Å². The number of hydrogen-bond donors (Lipinski definition) is 4. The molecule has 0 aliphatic carbocycles. The van der Waals surface area contributed by atoms with Crippen molar-refractivity contribution in [1.29, 1.82) is 0 Å². The number of rotatable bonds is 45. The number of unbranched alkanes of at least 4 members (excludes halogenated alkanes) is 25. The minimum Gasteiger partial charge on any atom is -0.480 e. The number of phosphoric ester groups is 1. The van der Waals surface area contributed by atoms with E-state index in [1.54, 1.807) is 0 Å². The summed E-state index contributed by atoms with van der Waals surface area (Å²) in [5.74, 6) is -2.38. The summed E-state index contributed by atoms with van der Waals surface area (Å²) in [6.07, 6.45) is 47.3. The molecule has 350 valence electrons. The summed E-state index contributed by atoms with van der Waals surface area (Å²) < 4.78 is 26.9. The number of ether oxygens (including phenoxy) is 1. The second-order valence-corrected chi connectivity index (χ2v) is 17.8. The molecule has 0 saturated carbocycles. The molecule has 0 aliphatic heterocycles. The number of carbonyl (C=O) groups excluding carboxylic acids is 2. The fourth-order valence-electron chi connectivity index (χ4n) is 6.68. The van der Waals surface area contributed by atoms with Gasteiger partial charge in [0.15, 0.2) is 6.04 Å². The van der Waals surface area contributed by atoms with E-state index in [-0.39, 0.29) is 12.8 Å². The Morgan fingerprint density at radius 2 is 0.917 bits per heavy atom.